The molecule has 0 saturated heterocycles. The highest BCUT2D eigenvalue weighted by atomic mass is 79.9. The monoisotopic (exact) mass is 710 g/mol. The molecule has 8 nitrogen and oxygen atoms in total. The maximum absolute atomic E-state index is 14.1. The molecule has 0 N–H and O–H groups in total. The topological polar surface area (TPSA) is 88.4 Å². The Morgan fingerprint density at radius 3 is 2.36 bits per heavy atom. The number of ether oxygens (including phenoxy) is 4. The second-order valence-electron chi connectivity index (χ2n) is 9.98. The second kappa shape index (κ2) is 14.5. The summed E-state index contributed by atoms with van der Waals surface area (Å²) in [4.78, 5) is 32.5. The van der Waals surface area contributed by atoms with E-state index in [2.05, 4.69) is 20.9 Å². The van der Waals surface area contributed by atoms with Crippen molar-refractivity contribution >= 4 is 50.9 Å². The summed E-state index contributed by atoms with van der Waals surface area (Å²) in [5.74, 6) is 1.25. The van der Waals surface area contributed by atoms with Crippen molar-refractivity contribution in [1.29, 1.82) is 0 Å². The number of esters is 1. The van der Waals surface area contributed by atoms with Gasteiger partial charge in [0.1, 0.15) is 12.4 Å². The van der Waals surface area contributed by atoms with E-state index in [0.717, 1.165) is 15.6 Å². The van der Waals surface area contributed by atoms with Gasteiger partial charge in [-0.05, 0) is 103 Å². The molecule has 0 amide bonds. The van der Waals surface area contributed by atoms with E-state index in [9.17, 15) is 9.59 Å². The molecule has 1 aliphatic heterocycles. The van der Waals surface area contributed by atoms with Gasteiger partial charge in [0, 0.05) is 5.02 Å². The minimum Gasteiger partial charge on any atom is -0.490 e. The third kappa shape index (κ3) is 7.19. The lowest BCUT2D eigenvalue weighted by Gasteiger charge is -2.25. The molecule has 0 radical (unpaired) electrons. The van der Waals surface area contributed by atoms with E-state index in [1.54, 1.807) is 24.5 Å². The molecule has 0 spiro atoms. The highest BCUT2D eigenvalue weighted by Crippen LogP contribution is 2.36. The number of halogens is 2. The lowest BCUT2D eigenvalue weighted by molar-refractivity contribution is -0.139. The van der Waals surface area contributed by atoms with Gasteiger partial charge in [-0.1, -0.05) is 47.2 Å². The molecular weight excluding hydrogens is 680 g/mol. The number of rotatable bonds is 11. The van der Waals surface area contributed by atoms with Gasteiger partial charge >= 0.3 is 5.97 Å². The van der Waals surface area contributed by atoms with Gasteiger partial charge in [-0.25, -0.2) is 9.79 Å². The number of hydrogen-bond acceptors (Lipinski definition) is 8. The minimum absolute atomic E-state index is 0.189. The average molecular weight is 712 g/mol. The fourth-order valence-corrected chi connectivity index (χ4v) is 6.65. The zero-order valence-electron chi connectivity index (χ0n) is 25.3. The first-order valence-electron chi connectivity index (χ1n) is 14.5. The quantitative estimate of drug-likeness (QED) is 0.163. The van der Waals surface area contributed by atoms with Gasteiger partial charge < -0.3 is 18.9 Å². The predicted octanol–water partition coefficient (Wildman–Crippen LogP) is 6.59. The van der Waals surface area contributed by atoms with Crippen molar-refractivity contribution in [3.8, 4) is 17.2 Å². The van der Waals surface area contributed by atoms with Crippen LogP contribution in [0.4, 0.5) is 0 Å². The number of aromatic nitrogens is 1. The van der Waals surface area contributed by atoms with Gasteiger partial charge in [0.05, 0.1) is 46.1 Å². The Kier molecular flexibility index (Phi) is 10.5. The van der Waals surface area contributed by atoms with Gasteiger partial charge in [-0.3, -0.25) is 9.36 Å². The van der Waals surface area contributed by atoms with Gasteiger partial charge in [0.15, 0.2) is 16.3 Å². The van der Waals surface area contributed by atoms with Gasteiger partial charge in [0.2, 0.25) is 0 Å². The Bertz CT molecular complexity index is 1930. The van der Waals surface area contributed by atoms with Crippen molar-refractivity contribution in [2.75, 3.05) is 19.8 Å². The van der Waals surface area contributed by atoms with Crippen molar-refractivity contribution in [3.05, 3.63) is 118 Å². The number of benzene rings is 3. The highest BCUT2D eigenvalue weighted by molar-refractivity contribution is 9.10. The van der Waals surface area contributed by atoms with Crippen LogP contribution in [0.1, 0.15) is 50.4 Å². The SMILES string of the molecule is CCOC(=O)C1=C(C)N=c2s/c(=C\c3ccc(OCc4ccc(Cl)cc4)c(Br)c3)c(=O)n2[C@@H]1c1ccc(OCC)c(OCC)c1. The molecule has 0 fully saturated rings. The Hall–Kier alpha value is -3.86. The zero-order chi connectivity index (χ0) is 32.1. The summed E-state index contributed by atoms with van der Waals surface area (Å²) in [5.41, 5.74) is 2.98. The van der Waals surface area contributed by atoms with Crippen LogP contribution in [0.3, 0.4) is 0 Å². The summed E-state index contributed by atoms with van der Waals surface area (Å²) in [6.45, 7) is 8.74. The van der Waals surface area contributed by atoms with E-state index in [1.807, 2.05) is 74.5 Å². The van der Waals surface area contributed by atoms with Crippen LogP contribution in [0.25, 0.3) is 6.08 Å². The van der Waals surface area contributed by atoms with Gasteiger partial charge in [-0.15, -0.1) is 0 Å². The fraction of sp³-hybridized carbons (Fsp3) is 0.265. The molecule has 0 aliphatic carbocycles. The molecule has 45 heavy (non-hydrogen) atoms. The van der Waals surface area contributed by atoms with Crippen LogP contribution in [0.15, 0.2) is 86.2 Å². The first-order chi connectivity index (χ1) is 21.7. The summed E-state index contributed by atoms with van der Waals surface area (Å²) in [7, 11) is 0. The number of nitrogens with zero attached hydrogens (tertiary/aromatic N) is 2. The Balaban J connectivity index is 1.55. The maximum atomic E-state index is 14.1. The van der Waals surface area contributed by atoms with E-state index in [1.165, 1.54) is 11.3 Å². The smallest absolute Gasteiger partial charge is 0.338 e. The zero-order valence-corrected chi connectivity index (χ0v) is 28.4. The third-order valence-corrected chi connectivity index (χ3v) is 8.82. The Morgan fingerprint density at radius 1 is 0.956 bits per heavy atom. The first kappa shape index (κ1) is 32.5. The molecule has 0 bridgehead atoms. The number of fused-ring (bicyclic) bond motifs is 1. The first-order valence-corrected chi connectivity index (χ1v) is 16.5. The third-order valence-electron chi connectivity index (χ3n) is 6.96. The van der Waals surface area contributed by atoms with Crippen LogP contribution in [-0.2, 0) is 16.1 Å². The van der Waals surface area contributed by atoms with Crippen molar-refractivity contribution in [1.82, 2.24) is 4.57 Å². The maximum Gasteiger partial charge on any atom is 0.338 e. The summed E-state index contributed by atoms with van der Waals surface area (Å²) in [5, 5.41) is 0.669. The summed E-state index contributed by atoms with van der Waals surface area (Å²) < 4.78 is 25.8. The molecule has 0 saturated carbocycles. The highest BCUT2D eigenvalue weighted by Gasteiger charge is 2.34. The van der Waals surface area contributed by atoms with Crippen LogP contribution in [-0.4, -0.2) is 30.4 Å². The van der Waals surface area contributed by atoms with Gasteiger partial charge in [0.25, 0.3) is 5.56 Å². The molecule has 1 atom stereocenters. The molecular formula is C34H32BrClN2O6S. The predicted molar refractivity (Wildman–Crippen MR) is 179 cm³/mol. The van der Waals surface area contributed by atoms with Crippen molar-refractivity contribution < 1.29 is 23.7 Å². The molecule has 234 valence electrons. The molecule has 11 heteroatoms. The van der Waals surface area contributed by atoms with E-state index in [4.69, 9.17) is 30.5 Å². The molecule has 2 heterocycles. The second-order valence-corrected chi connectivity index (χ2v) is 12.3. The molecule has 1 aromatic heterocycles. The van der Waals surface area contributed by atoms with Crippen molar-refractivity contribution in [2.45, 2.75) is 40.3 Å². The summed E-state index contributed by atoms with van der Waals surface area (Å²) in [6.07, 6.45) is 1.81. The van der Waals surface area contributed by atoms with Gasteiger partial charge in [-0.2, -0.15) is 0 Å². The van der Waals surface area contributed by atoms with E-state index >= 15 is 0 Å². The van der Waals surface area contributed by atoms with E-state index < -0.39 is 12.0 Å². The lowest BCUT2D eigenvalue weighted by atomic mass is 9.95. The Morgan fingerprint density at radius 2 is 1.67 bits per heavy atom. The van der Waals surface area contributed by atoms with Crippen LogP contribution in [0.5, 0.6) is 17.2 Å². The Labute approximate surface area is 278 Å². The minimum atomic E-state index is -0.771. The molecule has 4 aromatic rings. The van der Waals surface area contributed by atoms with Crippen LogP contribution in [0, 0.1) is 0 Å². The summed E-state index contributed by atoms with van der Waals surface area (Å²) >= 11 is 10.8. The molecule has 3 aromatic carbocycles. The van der Waals surface area contributed by atoms with E-state index in [-0.39, 0.29) is 12.2 Å². The normalized spacial score (nSPS) is 14.5. The fourth-order valence-electron chi connectivity index (χ4n) is 4.96. The number of allylic oxidation sites excluding steroid dienone is 1. The van der Waals surface area contributed by atoms with Crippen molar-refractivity contribution in [2.24, 2.45) is 4.99 Å². The number of thiazole rings is 1. The largest absolute Gasteiger partial charge is 0.490 e. The molecule has 0 unspecified atom stereocenters. The van der Waals surface area contributed by atoms with E-state index in [0.29, 0.717) is 68.3 Å². The molecule has 1 aliphatic rings. The standard InChI is InChI=1S/C34H32BrClN2O6S/c1-5-41-27-15-11-23(18-28(27)42-6-2)31-30(33(40)43-7-3)20(4)37-34-38(31)32(39)29(45-34)17-22-10-14-26(25(35)16-22)44-19-21-8-12-24(36)13-9-21/h8-18,31H,5-7,19H2,1-4H3/b29-17-/t31-/m1/s1. The number of hydrogen-bond donors (Lipinski definition) is 0. The van der Waals surface area contributed by atoms with Crippen LogP contribution >= 0.6 is 38.9 Å². The average Bonchev–Trinajstić information content (AvgIpc) is 3.31. The van der Waals surface area contributed by atoms with Crippen molar-refractivity contribution in [3.63, 3.8) is 0 Å². The lowest BCUT2D eigenvalue weighted by Crippen LogP contribution is -2.40. The summed E-state index contributed by atoms with van der Waals surface area (Å²) in [6, 6.07) is 17.8. The number of carbonyl (C=O) groups is 1. The number of carbonyl (C=O) groups excluding carboxylic acids is 1. The van der Waals surface area contributed by atoms with Crippen LogP contribution in [0.2, 0.25) is 5.02 Å². The molecule has 5 rings (SSSR count). The van der Waals surface area contributed by atoms with Crippen LogP contribution < -0.4 is 29.1 Å².